The Kier molecular flexibility index (Phi) is 12.4. The number of hydrogen-bond acceptors (Lipinski definition) is 9. The lowest BCUT2D eigenvalue weighted by Gasteiger charge is -2.25. The number of amides is 2. The summed E-state index contributed by atoms with van der Waals surface area (Å²) >= 11 is 1.23. The Labute approximate surface area is 172 Å². The van der Waals surface area contributed by atoms with E-state index in [-0.39, 0.29) is 12.2 Å². The van der Waals surface area contributed by atoms with Crippen LogP contribution < -0.4 is 16.0 Å². The molecule has 29 heavy (non-hydrogen) atoms. The van der Waals surface area contributed by atoms with E-state index in [0.29, 0.717) is 0 Å². The molecule has 0 saturated heterocycles. The van der Waals surface area contributed by atoms with Crippen molar-refractivity contribution in [3.63, 3.8) is 0 Å². The maximum Gasteiger partial charge on any atom is 0.335 e. The van der Waals surface area contributed by atoms with Crippen LogP contribution in [0.2, 0.25) is 0 Å². The molecule has 2 amide bonds. The second-order valence-electron chi connectivity index (χ2n) is 6.39. The van der Waals surface area contributed by atoms with Crippen LogP contribution >= 0.6 is 11.8 Å². The molecule has 0 aromatic rings. The number of hydrogen-bond donors (Lipinski definition) is 8. The van der Waals surface area contributed by atoms with E-state index in [4.69, 9.17) is 10.2 Å². The minimum atomic E-state index is -2.23. The van der Waals surface area contributed by atoms with Crippen LogP contribution in [0.3, 0.4) is 0 Å². The number of thioether (sulfide) groups is 1. The average Bonchev–Trinajstić information content (AvgIpc) is 2.67. The Balaban J connectivity index is 4.93. The summed E-state index contributed by atoms with van der Waals surface area (Å²) in [6.45, 7) is 1.07. The van der Waals surface area contributed by atoms with Crippen molar-refractivity contribution in [2.24, 2.45) is 5.92 Å². The van der Waals surface area contributed by atoms with Gasteiger partial charge in [0.2, 0.25) is 11.8 Å². The standard InChI is InChI=1S/C16H29N3O9S/c1-7(17-2)8(14(24)19-9(6-29-3)15(25)26)4-11(21)18-5-10(20)12(22)13(23)16(27)28/h7-10,12-13,17,20,22-23H,4-6H2,1-3H3,(H,18,21)(H,19,24)(H,25,26)(H,27,28)/t7-,8+,9-,10-,12+,13+/m0/s1. The zero-order chi connectivity index (χ0) is 22.7. The molecule has 0 radical (unpaired) electrons. The summed E-state index contributed by atoms with van der Waals surface area (Å²) in [5, 5.41) is 53.6. The van der Waals surface area contributed by atoms with E-state index in [9.17, 15) is 34.5 Å². The van der Waals surface area contributed by atoms with Crippen molar-refractivity contribution in [3.05, 3.63) is 0 Å². The molecule has 0 aromatic heterocycles. The number of aliphatic hydroxyl groups is 3. The Morgan fingerprint density at radius 1 is 1.03 bits per heavy atom. The first-order chi connectivity index (χ1) is 13.5. The van der Waals surface area contributed by atoms with Crippen LogP contribution in [0, 0.1) is 5.92 Å². The molecular formula is C16H29N3O9S. The lowest BCUT2D eigenvalue weighted by molar-refractivity contribution is -0.157. The van der Waals surface area contributed by atoms with Gasteiger partial charge in [-0.3, -0.25) is 9.59 Å². The van der Waals surface area contributed by atoms with Crippen molar-refractivity contribution < 1.29 is 44.7 Å². The monoisotopic (exact) mass is 439 g/mol. The fourth-order valence-electron chi connectivity index (χ4n) is 2.29. The van der Waals surface area contributed by atoms with Gasteiger partial charge >= 0.3 is 11.9 Å². The predicted octanol–water partition coefficient (Wildman–Crippen LogP) is -3.18. The molecule has 0 unspecified atom stereocenters. The molecule has 0 heterocycles. The van der Waals surface area contributed by atoms with Gasteiger partial charge < -0.3 is 41.5 Å². The molecule has 0 aliphatic rings. The largest absolute Gasteiger partial charge is 0.480 e. The fourth-order valence-corrected chi connectivity index (χ4v) is 2.84. The van der Waals surface area contributed by atoms with Crippen molar-refractivity contribution in [1.29, 1.82) is 0 Å². The minimum Gasteiger partial charge on any atom is -0.480 e. The van der Waals surface area contributed by atoms with Gasteiger partial charge in [-0.25, -0.2) is 9.59 Å². The Hall–Kier alpha value is -1.93. The van der Waals surface area contributed by atoms with E-state index in [1.54, 1.807) is 20.2 Å². The first kappa shape index (κ1) is 27.1. The fraction of sp³-hybridized carbons (Fsp3) is 0.750. The Morgan fingerprint density at radius 3 is 2.07 bits per heavy atom. The summed E-state index contributed by atoms with van der Waals surface area (Å²) in [5.41, 5.74) is 0. The highest BCUT2D eigenvalue weighted by Gasteiger charge is 2.32. The molecule has 0 fully saturated rings. The number of carbonyl (C=O) groups is 4. The van der Waals surface area contributed by atoms with Gasteiger partial charge in [-0.1, -0.05) is 0 Å². The summed E-state index contributed by atoms with van der Waals surface area (Å²) in [4.78, 5) is 46.4. The molecule has 0 rings (SSSR count). The number of aliphatic hydroxyl groups excluding tert-OH is 3. The highest BCUT2D eigenvalue weighted by molar-refractivity contribution is 7.98. The van der Waals surface area contributed by atoms with E-state index < -0.39 is 66.6 Å². The van der Waals surface area contributed by atoms with Gasteiger partial charge in [0.05, 0.1) is 5.92 Å². The molecule has 6 atom stereocenters. The summed E-state index contributed by atoms with van der Waals surface area (Å²) < 4.78 is 0. The van der Waals surface area contributed by atoms with Crippen molar-refractivity contribution in [2.75, 3.05) is 25.6 Å². The topological polar surface area (TPSA) is 206 Å². The van der Waals surface area contributed by atoms with Crippen LogP contribution in [0.1, 0.15) is 13.3 Å². The van der Waals surface area contributed by atoms with Crippen molar-refractivity contribution in [3.8, 4) is 0 Å². The highest BCUT2D eigenvalue weighted by Crippen LogP contribution is 2.11. The maximum atomic E-state index is 12.5. The van der Waals surface area contributed by atoms with Gasteiger partial charge in [0.25, 0.3) is 0 Å². The quantitative estimate of drug-likeness (QED) is 0.135. The highest BCUT2D eigenvalue weighted by atomic mass is 32.2. The first-order valence-electron chi connectivity index (χ1n) is 8.69. The van der Waals surface area contributed by atoms with Crippen LogP contribution in [-0.4, -0.2) is 105 Å². The zero-order valence-electron chi connectivity index (χ0n) is 16.4. The van der Waals surface area contributed by atoms with Crippen LogP contribution in [0.4, 0.5) is 0 Å². The molecular weight excluding hydrogens is 410 g/mol. The average molecular weight is 439 g/mol. The first-order valence-corrected chi connectivity index (χ1v) is 10.1. The Bertz CT molecular complexity index is 578. The normalized spacial score (nSPS) is 17.3. The number of aliphatic carboxylic acids is 2. The molecule has 0 aliphatic heterocycles. The molecule has 0 spiro atoms. The van der Waals surface area contributed by atoms with Crippen LogP contribution in [0.5, 0.6) is 0 Å². The third-order valence-corrected chi connectivity index (χ3v) is 4.89. The molecule has 0 aromatic carbocycles. The summed E-state index contributed by atoms with van der Waals surface area (Å²) in [7, 11) is 1.56. The van der Waals surface area contributed by atoms with E-state index in [1.165, 1.54) is 11.8 Å². The number of rotatable bonds is 14. The predicted molar refractivity (Wildman–Crippen MR) is 103 cm³/mol. The van der Waals surface area contributed by atoms with Crippen LogP contribution in [0.15, 0.2) is 0 Å². The van der Waals surface area contributed by atoms with Crippen molar-refractivity contribution in [2.45, 2.75) is 43.7 Å². The molecule has 0 saturated carbocycles. The molecule has 12 nitrogen and oxygen atoms in total. The molecule has 168 valence electrons. The Morgan fingerprint density at radius 2 is 1.62 bits per heavy atom. The van der Waals surface area contributed by atoms with Gasteiger partial charge in [0.1, 0.15) is 18.2 Å². The molecule has 13 heteroatoms. The molecule has 0 aliphatic carbocycles. The summed E-state index contributed by atoms with van der Waals surface area (Å²) in [6, 6.07) is -1.62. The lowest BCUT2D eigenvalue weighted by Crippen LogP contribution is -2.51. The van der Waals surface area contributed by atoms with Crippen LogP contribution in [0.25, 0.3) is 0 Å². The van der Waals surface area contributed by atoms with E-state index >= 15 is 0 Å². The van der Waals surface area contributed by atoms with Gasteiger partial charge in [-0.05, 0) is 20.2 Å². The zero-order valence-corrected chi connectivity index (χ0v) is 17.2. The van der Waals surface area contributed by atoms with E-state index in [2.05, 4.69) is 16.0 Å². The second-order valence-corrected chi connectivity index (χ2v) is 7.30. The van der Waals surface area contributed by atoms with E-state index in [0.717, 1.165) is 0 Å². The smallest absolute Gasteiger partial charge is 0.335 e. The van der Waals surface area contributed by atoms with Gasteiger partial charge in [-0.15, -0.1) is 0 Å². The number of nitrogens with one attached hydrogen (secondary N) is 3. The van der Waals surface area contributed by atoms with Gasteiger partial charge in [0.15, 0.2) is 6.10 Å². The second kappa shape index (κ2) is 13.3. The lowest BCUT2D eigenvalue weighted by atomic mass is 9.95. The van der Waals surface area contributed by atoms with Crippen LogP contribution in [-0.2, 0) is 19.2 Å². The maximum absolute atomic E-state index is 12.5. The number of carboxylic acid groups (broad SMARTS) is 2. The number of carboxylic acids is 2. The van der Waals surface area contributed by atoms with Gasteiger partial charge in [0, 0.05) is 24.8 Å². The summed E-state index contributed by atoms with van der Waals surface area (Å²) in [5.74, 6) is -5.08. The van der Waals surface area contributed by atoms with E-state index in [1.807, 2.05) is 0 Å². The third kappa shape index (κ3) is 9.41. The minimum absolute atomic E-state index is 0.143. The SMILES string of the molecule is CN[C@@H](C)[C@@H](CC(=O)NC[C@H](O)[C@@H](O)[C@@H](O)C(=O)O)C(=O)N[C@@H](CSC)C(=O)O. The van der Waals surface area contributed by atoms with Gasteiger partial charge in [-0.2, -0.15) is 11.8 Å². The number of carbonyl (C=O) groups excluding carboxylic acids is 2. The molecule has 8 N–H and O–H groups in total. The van der Waals surface area contributed by atoms with Crippen molar-refractivity contribution >= 4 is 35.5 Å². The summed E-state index contributed by atoms with van der Waals surface area (Å²) in [6.07, 6.45) is -4.68. The molecule has 0 bridgehead atoms. The van der Waals surface area contributed by atoms with Crippen molar-refractivity contribution in [1.82, 2.24) is 16.0 Å². The third-order valence-electron chi connectivity index (χ3n) is 4.23.